The average molecular weight is 490 g/mol. The third-order valence-electron chi connectivity index (χ3n) is 4.73. The van der Waals surface area contributed by atoms with Crippen LogP contribution >= 0.6 is 12.6 Å². The summed E-state index contributed by atoms with van der Waals surface area (Å²) in [6.45, 7) is 7.58. The van der Waals surface area contributed by atoms with Crippen molar-refractivity contribution in [1.29, 1.82) is 5.41 Å². The molecule has 0 radical (unpaired) electrons. The molecule has 0 aliphatic heterocycles. The summed E-state index contributed by atoms with van der Waals surface area (Å²) < 4.78 is 0. The number of carboxylic acid groups (broad SMARTS) is 1. The smallest absolute Gasteiger partial charge is 0.327 e. The lowest BCUT2D eigenvalue weighted by Gasteiger charge is -2.27. The number of carbonyl (C=O) groups excluding carboxylic acids is 3. The van der Waals surface area contributed by atoms with Crippen LogP contribution in [0.4, 0.5) is 0 Å². The second kappa shape index (κ2) is 15.3. The van der Waals surface area contributed by atoms with Gasteiger partial charge in [-0.15, -0.1) is 0 Å². The fraction of sp³-hybridized carbons (Fsp3) is 0.750. The summed E-state index contributed by atoms with van der Waals surface area (Å²) in [5, 5.41) is 26.5. The molecule has 0 spiro atoms. The molecule has 0 saturated heterocycles. The third-order valence-corrected chi connectivity index (χ3v) is 5.09. The Morgan fingerprint density at radius 1 is 0.970 bits per heavy atom. The number of carboxylic acids is 1. The minimum absolute atomic E-state index is 0.0592. The van der Waals surface area contributed by atoms with Crippen molar-refractivity contribution in [3.63, 3.8) is 0 Å². The molecule has 33 heavy (non-hydrogen) atoms. The SMILES string of the molecule is CC(C)C[C@H](NC(=O)[C@@H](N)CCCNC(=N)N)C(=O)N[C@H](C(=O)N[C@@H](CS)C(=O)O)C(C)C. The summed E-state index contributed by atoms with van der Waals surface area (Å²) >= 11 is 3.92. The highest BCUT2D eigenvalue weighted by atomic mass is 32.1. The molecular formula is C20H39N7O5S. The van der Waals surface area contributed by atoms with E-state index in [4.69, 9.17) is 22.0 Å². The lowest BCUT2D eigenvalue weighted by atomic mass is 9.99. The van der Waals surface area contributed by atoms with Crippen LogP contribution in [0.15, 0.2) is 0 Å². The van der Waals surface area contributed by atoms with Crippen LogP contribution in [-0.4, -0.2) is 71.2 Å². The number of nitrogens with two attached hydrogens (primary N) is 2. The molecule has 0 aromatic heterocycles. The van der Waals surface area contributed by atoms with Crippen molar-refractivity contribution in [1.82, 2.24) is 21.3 Å². The van der Waals surface area contributed by atoms with Gasteiger partial charge in [-0.1, -0.05) is 27.7 Å². The zero-order valence-corrected chi connectivity index (χ0v) is 20.6. The first-order valence-corrected chi connectivity index (χ1v) is 11.5. The average Bonchev–Trinajstić information content (AvgIpc) is 2.71. The van der Waals surface area contributed by atoms with Gasteiger partial charge in [0.05, 0.1) is 6.04 Å². The molecule has 0 aromatic carbocycles. The van der Waals surface area contributed by atoms with Crippen LogP contribution in [0, 0.1) is 17.2 Å². The van der Waals surface area contributed by atoms with E-state index < -0.39 is 47.9 Å². The maximum Gasteiger partial charge on any atom is 0.327 e. The number of thiol groups is 1. The molecule has 0 unspecified atom stereocenters. The molecular weight excluding hydrogens is 450 g/mol. The highest BCUT2D eigenvalue weighted by molar-refractivity contribution is 7.80. The number of hydrogen-bond acceptors (Lipinski definition) is 7. The monoisotopic (exact) mass is 489 g/mol. The van der Waals surface area contributed by atoms with Gasteiger partial charge in [-0.2, -0.15) is 12.6 Å². The van der Waals surface area contributed by atoms with Crippen LogP contribution < -0.4 is 32.7 Å². The van der Waals surface area contributed by atoms with Crippen molar-refractivity contribution in [3.05, 3.63) is 0 Å². The summed E-state index contributed by atoms with van der Waals surface area (Å²) in [5.41, 5.74) is 11.1. The molecule has 190 valence electrons. The third kappa shape index (κ3) is 12.3. The Hall–Kier alpha value is -2.54. The first kappa shape index (κ1) is 30.5. The molecule has 0 saturated carbocycles. The van der Waals surface area contributed by atoms with Gasteiger partial charge in [0.25, 0.3) is 0 Å². The van der Waals surface area contributed by atoms with Crippen molar-refractivity contribution in [2.45, 2.75) is 71.1 Å². The standard InChI is InChI=1S/C20H39N7O5S/c1-10(2)8-13(25-16(28)12(21)6-5-7-24-20(22)23)17(29)27-15(11(3)4)18(30)26-14(9-33)19(31)32/h10-15,33H,5-9,21H2,1-4H3,(H,25,28)(H,26,30)(H,27,29)(H,31,32)(H4,22,23,24)/t12-,13-,14-,15-/m0/s1. The van der Waals surface area contributed by atoms with Gasteiger partial charge in [0.15, 0.2) is 5.96 Å². The minimum Gasteiger partial charge on any atom is -0.480 e. The zero-order chi connectivity index (χ0) is 25.7. The first-order valence-electron chi connectivity index (χ1n) is 10.9. The summed E-state index contributed by atoms with van der Waals surface area (Å²) in [6, 6.07) is -3.98. The van der Waals surface area contributed by atoms with E-state index in [1.54, 1.807) is 13.8 Å². The van der Waals surface area contributed by atoms with Gasteiger partial charge in [0.2, 0.25) is 17.7 Å². The maximum atomic E-state index is 13.0. The first-order chi connectivity index (χ1) is 15.3. The van der Waals surface area contributed by atoms with Gasteiger partial charge in [-0.25, -0.2) is 4.79 Å². The van der Waals surface area contributed by atoms with Crippen LogP contribution in [0.2, 0.25) is 0 Å². The Morgan fingerprint density at radius 3 is 2.00 bits per heavy atom. The highest BCUT2D eigenvalue weighted by Crippen LogP contribution is 2.09. The molecule has 0 aliphatic rings. The number of hydrogen-bond donors (Lipinski definition) is 9. The number of amides is 3. The van der Waals surface area contributed by atoms with Crippen molar-refractivity contribution in [2.24, 2.45) is 23.3 Å². The van der Waals surface area contributed by atoms with Crippen molar-refractivity contribution >= 4 is 42.3 Å². The molecule has 13 heteroatoms. The lowest BCUT2D eigenvalue weighted by molar-refractivity contribution is -0.142. The van der Waals surface area contributed by atoms with E-state index in [2.05, 4.69) is 33.9 Å². The molecule has 0 rings (SSSR count). The van der Waals surface area contributed by atoms with E-state index in [1.165, 1.54) is 0 Å². The Morgan fingerprint density at radius 2 is 1.55 bits per heavy atom. The summed E-state index contributed by atoms with van der Waals surface area (Å²) in [5.74, 6) is -3.51. The number of carbonyl (C=O) groups is 4. The summed E-state index contributed by atoms with van der Waals surface area (Å²) in [6.07, 6.45) is 1.14. The van der Waals surface area contributed by atoms with Gasteiger partial charge >= 0.3 is 5.97 Å². The van der Waals surface area contributed by atoms with E-state index >= 15 is 0 Å². The van der Waals surface area contributed by atoms with E-state index in [9.17, 15) is 19.2 Å². The molecule has 0 fully saturated rings. The summed E-state index contributed by atoms with van der Waals surface area (Å²) in [4.78, 5) is 49.3. The maximum absolute atomic E-state index is 13.0. The number of rotatable bonds is 15. The molecule has 3 amide bonds. The Bertz CT molecular complexity index is 690. The fourth-order valence-electron chi connectivity index (χ4n) is 2.89. The molecule has 10 N–H and O–H groups in total. The number of guanidine groups is 1. The fourth-order valence-corrected chi connectivity index (χ4v) is 3.14. The zero-order valence-electron chi connectivity index (χ0n) is 19.7. The van der Waals surface area contributed by atoms with Gasteiger partial charge in [-0.3, -0.25) is 19.8 Å². The normalized spacial score (nSPS) is 14.7. The molecule has 0 aromatic rings. The van der Waals surface area contributed by atoms with Crippen molar-refractivity contribution in [3.8, 4) is 0 Å². The molecule has 0 bridgehead atoms. The number of nitrogens with one attached hydrogen (secondary N) is 5. The Balaban J connectivity index is 5.19. The predicted octanol–water partition coefficient (Wildman–Crippen LogP) is -1.25. The summed E-state index contributed by atoms with van der Waals surface area (Å²) in [7, 11) is 0. The van der Waals surface area contributed by atoms with Crippen LogP contribution in [0.1, 0.15) is 47.0 Å². The van der Waals surface area contributed by atoms with Crippen LogP contribution in [0.25, 0.3) is 0 Å². The molecule has 12 nitrogen and oxygen atoms in total. The van der Waals surface area contributed by atoms with Crippen molar-refractivity contribution < 1.29 is 24.3 Å². The minimum atomic E-state index is -1.23. The van der Waals surface area contributed by atoms with Crippen LogP contribution in [0.3, 0.4) is 0 Å². The highest BCUT2D eigenvalue weighted by Gasteiger charge is 2.31. The predicted molar refractivity (Wildman–Crippen MR) is 129 cm³/mol. The van der Waals surface area contributed by atoms with Crippen molar-refractivity contribution in [2.75, 3.05) is 12.3 Å². The van der Waals surface area contributed by atoms with Crippen LogP contribution in [0.5, 0.6) is 0 Å². The Labute approximate surface area is 200 Å². The topological polar surface area (TPSA) is 213 Å². The molecule has 0 aliphatic carbocycles. The largest absolute Gasteiger partial charge is 0.480 e. The van der Waals surface area contributed by atoms with Gasteiger partial charge in [0.1, 0.15) is 18.1 Å². The lowest BCUT2D eigenvalue weighted by Crippen LogP contribution is -2.58. The molecule has 0 heterocycles. The van der Waals surface area contributed by atoms with E-state index in [0.29, 0.717) is 25.8 Å². The quantitative estimate of drug-likeness (QED) is 0.0585. The Kier molecular flexibility index (Phi) is 14.1. The second-order valence-corrected chi connectivity index (χ2v) is 8.96. The van der Waals surface area contributed by atoms with Crippen LogP contribution in [-0.2, 0) is 19.2 Å². The van der Waals surface area contributed by atoms with E-state index in [-0.39, 0.29) is 23.5 Å². The molecule has 4 atom stereocenters. The van der Waals surface area contributed by atoms with Gasteiger partial charge in [0, 0.05) is 12.3 Å². The number of aliphatic carboxylic acids is 1. The van der Waals surface area contributed by atoms with Gasteiger partial charge < -0.3 is 37.8 Å². The van der Waals surface area contributed by atoms with E-state index in [0.717, 1.165) is 0 Å². The van der Waals surface area contributed by atoms with E-state index in [1.807, 2.05) is 13.8 Å². The second-order valence-electron chi connectivity index (χ2n) is 8.59. The van der Waals surface area contributed by atoms with Gasteiger partial charge in [-0.05, 0) is 31.1 Å².